The van der Waals surface area contributed by atoms with Crippen LogP contribution < -0.4 is 10.5 Å². The van der Waals surface area contributed by atoms with Gasteiger partial charge in [-0.25, -0.2) is 0 Å². The van der Waals surface area contributed by atoms with Crippen LogP contribution in [0.4, 0.5) is 5.82 Å². The van der Waals surface area contributed by atoms with E-state index in [1.807, 2.05) is 12.1 Å². The summed E-state index contributed by atoms with van der Waals surface area (Å²) in [4.78, 5) is 33.4. The zero-order valence-corrected chi connectivity index (χ0v) is 22.6. The number of hydrogen-bond donors (Lipinski definition) is 0. The zero-order valence-electron chi connectivity index (χ0n) is 21.0. The number of nitrogens with zero attached hydrogens (tertiary/aromatic N) is 5. The first-order valence-corrected chi connectivity index (χ1v) is 13.5. The summed E-state index contributed by atoms with van der Waals surface area (Å²) in [6, 6.07) is 5.71. The monoisotopic (exact) mass is 525 g/mol. The van der Waals surface area contributed by atoms with Gasteiger partial charge in [0.1, 0.15) is 27.5 Å². The molecule has 8 nitrogen and oxygen atoms in total. The fourth-order valence-corrected chi connectivity index (χ4v) is 5.85. The third-order valence-electron chi connectivity index (χ3n) is 6.74. The molecular formula is C26H31N5O3S2. The normalized spacial score (nSPS) is 17.9. The third-order valence-corrected chi connectivity index (χ3v) is 8.12. The minimum Gasteiger partial charge on any atom is -0.467 e. The van der Waals surface area contributed by atoms with Crippen molar-refractivity contribution in [3.8, 4) is 6.07 Å². The van der Waals surface area contributed by atoms with Crippen LogP contribution in [0.15, 0.2) is 32.5 Å². The number of piperazine rings is 1. The molecule has 0 bridgehead atoms. The number of pyridine rings is 1. The Hall–Kier alpha value is -2.87. The number of aromatic nitrogens is 1. The maximum Gasteiger partial charge on any atom is 0.270 e. The second-order valence-corrected chi connectivity index (χ2v) is 10.6. The van der Waals surface area contributed by atoms with E-state index in [1.54, 1.807) is 23.8 Å². The summed E-state index contributed by atoms with van der Waals surface area (Å²) in [5.41, 5.74) is 1.20. The lowest BCUT2D eigenvalue weighted by molar-refractivity contribution is -0.122. The Balaban J connectivity index is 1.82. The standard InChI is InChI=1S/C26H31N5O3S2/c1-4-6-9-30-23(29-12-10-28(5-2)11-13-29)20(18(3)21(16-27)24(30)32)15-22-25(33)31(26(35)36-22)17-19-8-7-14-34-19/h7-8,14-15H,4-6,9-13,17H2,1-3H3. The van der Waals surface area contributed by atoms with Gasteiger partial charge in [0.2, 0.25) is 0 Å². The van der Waals surface area contributed by atoms with Crippen molar-refractivity contribution in [2.45, 2.75) is 46.7 Å². The van der Waals surface area contributed by atoms with Crippen LogP contribution >= 0.6 is 24.0 Å². The van der Waals surface area contributed by atoms with Gasteiger partial charge in [0.15, 0.2) is 0 Å². The smallest absolute Gasteiger partial charge is 0.270 e. The van der Waals surface area contributed by atoms with Crippen LogP contribution in [0, 0.1) is 18.3 Å². The van der Waals surface area contributed by atoms with E-state index in [9.17, 15) is 14.9 Å². The zero-order chi connectivity index (χ0) is 25.8. The van der Waals surface area contributed by atoms with Crippen LogP contribution in [0.1, 0.15) is 49.1 Å². The highest BCUT2D eigenvalue weighted by Gasteiger charge is 2.34. The molecule has 0 atom stereocenters. The first-order chi connectivity index (χ1) is 17.4. The van der Waals surface area contributed by atoms with Gasteiger partial charge in [0, 0.05) is 38.3 Å². The lowest BCUT2D eigenvalue weighted by atomic mass is 10.0. The van der Waals surface area contributed by atoms with Crippen LogP contribution in [-0.2, 0) is 17.9 Å². The predicted octanol–water partition coefficient (Wildman–Crippen LogP) is 3.96. The summed E-state index contributed by atoms with van der Waals surface area (Å²) in [5, 5.41) is 9.87. The number of hydrogen-bond acceptors (Lipinski definition) is 8. The summed E-state index contributed by atoms with van der Waals surface area (Å²) in [5.74, 6) is 1.24. The molecule has 2 fully saturated rings. The number of likely N-dealkylation sites (N-methyl/N-ethyl adjacent to an activating group) is 1. The maximum atomic E-state index is 13.4. The van der Waals surface area contributed by atoms with Crippen molar-refractivity contribution in [1.29, 1.82) is 5.26 Å². The fraction of sp³-hybridized carbons (Fsp3) is 0.462. The Kier molecular flexibility index (Phi) is 8.34. The van der Waals surface area contributed by atoms with E-state index in [4.69, 9.17) is 16.6 Å². The van der Waals surface area contributed by atoms with Crippen molar-refractivity contribution in [1.82, 2.24) is 14.4 Å². The highest BCUT2D eigenvalue weighted by Crippen LogP contribution is 2.37. The molecule has 0 unspecified atom stereocenters. The predicted molar refractivity (Wildman–Crippen MR) is 147 cm³/mol. The Morgan fingerprint density at radius 3 is 2.58 bits per heavy atom. The van der Waals surface area contributed by atoms with Gasteiger partial charge in [-0.3, -0.25) is 19.1 Å². The molecule has 0 radical (unpaired) electrons. The minimum absolute atomic E-state index is 0.124. The highest BCUT2D eigenvalue weighted by molar-refractivity contribution is 8.26. The molecule has 2 aliphatic rings. The summed E-state index contributed by atoms with van der Waals surface area (Å²) in [6.45, 7) is 11.1. The van der Waals surface area contributed by atoms with Crippen LogP contribution in [-0.4, -0.2) is 57.3 Å². The Morgan fingerprint density at radius 2 is 1.97 bits per heavy atom. The Bertz CT molecular complexity index is 1270. The summed E-state index contributed by atoms with van der Waals surface area (Å²) in [6.07, 6.45) is 5.13. The number of unbranched alkanes of at least 4 members (excludes halogenated alkanes) is 1. The van der Waals surface area contributed by atoms with Gasteiger partial charge in [-0.15, -0.1) is 0 Å². The van der Waals surface area contributed by atoms with E-state index in [0.29, 0.717) is 27.1 Å². The number of furan rings is 1. The summed E-state index contributed by atoms with van der Waals surface area (Å²) >= 11 is 6.75. The Morgan fingerprint density at radius 1 is 1.22 bits per heavy atom. The van der Waals surface area contributed by atoms with E-state index in [-0.39, 0.29) is 23.6 Å². The van der Waals surface area contributed by atoms with Crippen molar-refractivity contribution in [3.05, 3.63) is 56.1 Å². The number of nitriles is 1. The number of amides is 1. The molecule has 4 rings (SSSR count). The average Bonchev–Trinajstić information content (AvgIpc) is 3.49. The molecule has 2 aliphatic heterocycles. The molecule has 36 heavy (non-hydrogen) atoms. The molecule has 2 aromatic heterocycles. The van der Waals surface area contributed by atoms with Gasteiger partial charge in [-0.1, -0.05) is 44.2 Å². The molecule has 2 saturated heterocycles. The van der Waals surface area contributed by atoms with Gasteiger partial charge < -0.3 is 14.2 Å². The van der Waals surface area contributed by atoms with Crippen LogP contribution in [0.5, 0.6) is 0 Å². The molecule has 0 saturated carbocycles. The molecule has 4 heterocycles. The van der Waals surface area contributed by atoms with Crippen molar-refractivity contribution >= 4 is 46.1 Å². The van der Waals surface area contributed by atoms with E-state index in [1.165, 1.54) is 16.7 Å². The molecule has 10 heteroatoms. The maximum absolute atomic E-state index is 13.4. The van der Waals surface area contributed by atoms with Crippen LogP contribution in [0.2, 0.25) is 0 Å². The molecule has 0 aromatic carbocycles. The topological polar surface area (TPSA) is 85.7 Å². The minimum atomic E-state index is -0.265. The molecule has 2 aromatic rings. The van der Waals surface area contributed by atoms with Gasteiger partial charge in [0.05, 0.1) is 17.7 Å². The Labute approximate surface area is 221 Å². The molecule has 0 spiro atoms. The number of carbonyl (C=O) groups excluding carboxylic acids is 1. The van der Waals surface area contributed by atoms with Crippen molar-refractivity contribution in [3.63, 3.8) is 0 Å². The van der Waals surface area contributed by atoms with E-state index < -0.39 is 0 Å². The summed E-state index contributed by atoms with van der Waals surface area (Å²) in [7, 11) is 0. The number of carbonyl (C=O) groups is 1. The van der Waals surface area contributed by atoms with Gasteiger partial charge in [0.25, 0.3) is 11.5 Å². The highest BCUT2D eigenvalue weighted by atomic mass is 32.2. The lowest BCUT2D eigenvalue weighted by Crippen LogP contribution is -2.48. The van der Waals surface area contributed by atoms with E-state index >= 15 is 0 Å². The van der Waals surface area contributed by atoms with Crippen molar-refractivity contribution in [2.24, 2.45) is 0 Å². The first kappa shape index (κ1) is 26.2. The number of anilines is 1. The van der Waals surface area contributed by atoms with Gasteiger partial charge in [-0.05, 0) is 43.7 Å². The number of rotatable bonds is 8. The molecule has 1 amide bonds. The number of thiocarbonyl (C=S) groups is 1. The molecule has 0 N–H and O–H groups in total. The quantitative estimate of drug-likeness (QED) is 0.378. The van der Waals surface area contributed by atoms with E-state index in [0.717, 1.165) is 56.9 Å². The fourth-order valence-electron chi connectivity index (χ4n) is 4.61. The van der Waals surface area contributed by atoms with Gasteiger partial charge >= 0.3 is 0 Å². The lowest BCUT2D eigenvalue weighted by Gasteiger charge is -2.37. The van der Waals surface area contributed by atoms with Crippen molar-refractivity contribution in [2.75, 3.05) is 37.6 Å². The molecular weight excluding hydrogens is 494 g/mol. The SMILES string of the molecule is CCCCn1c(N2CCN(CC)CC2)c(C=C2SC(=S)N(Cc3ccco3)C2=O)c(C)c(C#N)c1=O. The van der Waals surface area contributed by atoms with Gasteiger partial charge in [-0.2, -0.15) is 5.26 Å². The third kappa shape index (κ3) is 5.14. The molecule has 0 aliphatic carbocycles. The van der Waals surface area contributed by atoms with Crippen LogP contribution in [0.3, 0.4) is 0 Å². The average molecular weight is 526 g/mol. The van der Waals surface area contributed by atoms with E-state index in [2.05, 4.69) is 29.7 Å². The van der Waals surface area contributed by atoms with Crippen LogP contribution in [0.25, 0.3) is 6.08 Å². The first-order valence-electron chi connectivity index (χ1n) is 12.3. The molecule has 190 valence electrons. The second-order valence-electron chi connectivity index (χ2n) is 8.93. The largest absolute Gasteiger partial charge is 0.467 e. The second kappa shape index (κ2) is 11.5. The summed E-state index contributed by atoms with van der Waals surface area (Å²) < 4.78 is 7.61. The van der Waals surface area contributed by atoms with Crippen molar-refractivity contribution < 1.29 is 9.21 Å². The number of thioether (sulfide) groups is 1.